The van der Waals surface area contributed by atoms with Gasteiger partial charge in [0.05, 0.1) is 6.61 Å². The Balaban J connectivity index is 1.20. The van der Waals surface area contributed by atoms with Gasteiger partial charge in [0.15, 0.2) is 0 Å². The van der Waals surface area contributed by atoms with Crippen molar-refractivity contribution in [2.75, 3.05) is 12.4 Å². The van der Waals surface area contributed by atoms with Crippen LogP contribution in [-0.2, 0) is 5.41 Å². The van der Waals surface area contributed by atoms with Gasteiger partial charge in [-0.05, 0) is 68.4 Å². The summed E-state index contributed by atoms with van der Waals surface area (Å²) in [7, 11) is 0. The number of hydrogen-bond donors (Lipinski definition) is 0. The van der Waals surface area contributed by atoms with Gasteiger partial charge in [-0.25, -0.2) is 0 Å². The smallest absolute Gasteiger partial charge is 0.276 e. The first-order valence-electron chi connectivity index (χ1n) is 9.44. The van der Waals surface area contributed by atoms with Gasteiger partial charge in [-0.1, -0.05) is 30.0 Å². The molecule has 4 saturated carbocycles. The molecule has 4 fully saturated rings. The third-order valence-electron chi connectivity index (χ3n) is 6.22. The van der Waals surface area contributed by atoms with Crippen LogP contribution in [0.5, 0.6) is 5.75 Å². The van der Waals surface area contributed by atoms with Crippen LogP contribution >= 0.6 is 11.8 Å². The zero-order chi connectivity index (χ0) is 16.7. The Morgan fingerprint density at radius 3 is 2.36 bits per heavy atom. The first-order chi connectivity index (χ1) is 12.3. The first-order valence-corrected chi connectivity index (χ1v) is 10.4. The fourth-order valence-corrected chi connectivity index (χ4v) is 6.24. The van der Waals surface area contributed by atoms with E-state index in [9.17, 15) is 0 Å². The van der Waals surface area contributed by atoms with E-state index in [2.05, 4.69) is 10.2 Å². The van der Waals surface area contributed by atoms with Crippen molar-refractivity contribution in [3.8, 4) is 5.75 Å². The number of hydrogen-bond acceptors (Lipinski definition) is 5. The molecule has 2 aromatic rings. The number of thioether (sulfide) groups is 1. The average molecular weight is 356 g/mol. The summed E-state index contributed by atoms with van der Waals surface area (Å²) in [5.41, 5.74) is 0.196. The minimum Gasteiger partial charge on any atom is -0.493 e. The summed E-state index contributed by atoms with van der Waals surface area (Å²) < 4.78 is 11.8. The molecule has 0 N–H and O–H groups in total. The lowest BCUT2D eigenvalue weighted by atomic mass is 9.49. The molecule has 0 saturated heterocycles. The average Bonchev–Trinajstić information content (AvgIpc) is 3.08. The number of aromatic nitrogens is 2. The van der Waals surface area contributed by atoms with E-state index >= 15 is 0 Å². The summed E-state index contributed by atoms with van der Waals surface area (Å²) in [5, 5.41) is 9.47. The minimum atomic E-state index is 0.196. The molecule has 0 atom stereocenters. The van der Waals surface area contributed by atoms with Crippen LogP contribution in [0.3, 0.4) is 0 Å². The summed E-state index contributed by atoms with van der Waals surface area (Å²) in [6.07, 6.45) is 8.11. The summed E-state index contributed by atoms with van der Waals surface area (Å²) in [6.45, 7) is 0.643. The second-order valence-corrected chi connectivity index (χ2v) is 9.13. The largest absolute Gasteiger partial charge is 0.493 e. The van der Waals surface area contributed by atoms with Crippen molar-refractivity contribution >= 4 is 11.8 Å². The Hall–Kier alpha value is -1.49. The Morgan fingerprint density at radius 2 is 1.68 bits per heavy atom. The topological polar surface area (TPSA) is 48.2 Å². The van der Waals surface area contributed by atoms with Crippen LogP contribution in [0.4, 0.5) is 0 Å². The molecule has 6 rings (SSSR count). The lowest BCUT2D eigenvalue weighted by molar-refractivity contribution is -0.0191. The van der Waals surface area contributed by atoms with Crippen LogP contribution < -0.4 is 4.74 Å². The van der Waals surface area contributed by atoms with Crippen LogP contribution in [0.2, 0.25) is 0 Å². The Morgan fingerprint density at radius 1 is 1.00 bits per heavy atom. The Labute approximate surface area is 152 Å². The van der Waals surface area contributed by atoms with E-state index in [4.69, 9.17) is 9.15 Å². The third-order valence-corrected chi connectivity index (χ3v) is 7.00. The van der Waals surface area contributed by atoms with Crippen molar-refractivity contribution in [1.29, 1.82) is 0 Å². The molecule has 5 heteroatoms. The molecule has 132 valence electrons. The van der Waals surface area contributed by atoms with E-state index in [-0.39, 0.29) is 5.41 Å². The number of benzene rings is 1. The molecule has 4 bridgehead atoms. The standard InChI is InChI=1S/C20H24N2O2S/c1-2-4-17(5-3-1)23-6-7-25-19-22-21-18(24-19)20-11-14-8-15(12-20)10-16(9-14)13-20/h1-5,14-16H,6-13H2. The van der Waals surface area contributed by atoms with E-state index in [0.717, 1.165) is 35.1 Å². The summed E-state index contributed by atoms with van der Waals surface area (Å²) in [6, 6.07) is 9.91. The van der Waals surface area contributed by atoms with E-state index in [1.807, 2.05) is 30.3 Å². The fraction of sp³-hybridized carbons (Fsp3) is 0.600. The lowest BCUT2D eigenvalue weighted by Gasteiger charge is -2.55. The minimum absolute atomic E-state index is 0.196. The predicted molar refractivity (Wildman–Crippen MR) is 96.8 cm³/mol. The van der Waals surface area contributed by atoms with Crippen molar-refractivity contribution in [3.05, 3.63) is 36.2 Å². The third kappa shape index (κ3) is 3.07. The number of rotatable bonds is 6. The second kappa shape index (κ2) is 6.35. The molecule has 4 aliphatic carbocycles. The van der Waals surface area contributed by atoms with Gasteiger partial charge in [0.25, 0.3) is 5.22 Å². The van der Waals surface area contributed by atoms with Crippen molar-refractivity contribution in [3.63, 3.8) is 0 Å². The molecular weight excluding hydrogens is 332 g/mol. The van der Waals surface area contributed by atoms with E-state index in [1.165, 1.54) is 38.5 Å². The molecule has 0 spiro atoms. The highest BCUT2D eigenvalue weighted by Gasteiger charge is 2.54. The zero-order valence-corrected chi connectivity index (χ0v) is 15.2. The van der Waals surface area contributed by atoms with Crippen molar-refractivity contribution in [2.45, 2.75) is 49.2 Å². The Kier molecular flexibility index (Phi) is 4.00. The normalized spacial score (nSPS) is 32.9. The van der Waals surface area contributed by atoms with Gasteiger partial charge >= 0.3 is 0 Å². The molecule has 0 amide bonds. The molecule has 1 aromatic heterocycles. The van der Waals surface area contributed by atoms with Crippen LogP contribution in [-0.4, -0.2) is 22.6 Å². The van der Waals surface area contributed by atoms with Crippen LogP contribution in [0, 0.1) is 17.8 Å². The first kappa shape index (κ1) is 15.7. The van der Waals surface area contributed by atoms with Gasteiger partial charge in [0.1, 0.15) is 5.75 Å². The maximum atomic E-state index is 6.11. The van der Waals surface area contributed by atoms with Gasteiger partial charge in [0.2, 0.25) is 5.89 Å². The number of para-hydroxylation sites is 1. The maximum Gasteiger partial charge on any atom is 0.276 e. The molecule has 1 heterocycles. The molecular formula is C20H24N2O2S. The Bertz CT molecular complexity index is 695. The van der Waals surface area contributed by atoms with Crippen LogP contribution in [0.15, 0.2) is 40.0 Å². The summed E-state index contributed by atoms with van der Waals surface area (Å²) >= 11 is 1.60. The van der Waals surface area contributed by atoms with Gasteiger partial charge in [-0.15, -0.1) is 10.2 Å². The summed E-state index contributed by atoms with van der Waals surface area (Å²) in [4.78, 5) is 0. The predicted octanol–water partition coefficient (Wildman–Crippen LogP) is 4.71. The van der Waals surface area contributed by atoms with E-state index < -0.39 is 0 Å². The molecule has 0 radical (unpaired) electrons. The van der Waals surface area contributed by atoms with Gasteiger partial charge < -0.3 is 9.15 Å². The zero-order valence-electron chi connectivity index (χ0n) is 14.4. The van der Waals surface area contributed by atoms with Gasteiger partial charge in [-0.2, -0.15) is 0 Å². The summed E-state index contributed by atoms with van der Waals surface area (Å²) in [5.74, 6) is 5.33. The van der Waals surface area contributed by atoms with Crippen molar-refractivity contribution < 1.29 is 9.15 Å². The van der Waals surface area contributed by atoms with E-state index in [0.29, 0.717) is 11.8 Å². The van der Waals surface area contributed by atoms with Gasteiger partial charge in [-0.3, -0.25) is 0 Å². The highest BCUT2D eigenvalue weighted by atomic mass is 32.2. The van der Waals surface area contributed by atoms with Crippen LogP contribution in [0.25, 0.3) is 0 Å². The maximum absolute atomic E-state index is 6.11. The van der Waals surface area contributed by atoms with Crippen molar-refractivity contribution in [2.24, 2.45) is 17.8 Å². The molecule has 4 nitrogen and oxygen atoms in total. The number of ether oxygens (including phenoxy) is 1. The van der Waals surface area contributed by atoms with Crippen molar-refractivity contribution in [1.82, 2.24) is 10.2 Å². The molecule has 4 aliphatic rings. The quantitative estimate of drug-likeness (QED) is 0.554. The SMILES string of the molecule is c1ccc(OCCSc2nnc(C34CC5CC(CC(C5)C3)C4)o2)cc1. The lowest BCUT2D eigenvalue weighted by Crippen LogP contribution is -2.48. The molecule has 1 aromatic carbocycles. The second-order valence-electron chi connectivity index (χ2n) is 8.08. The molecule has 0 aliphatic heterocycles. The van der Waals surface area contributed by atoms with Gasteiger partial charge in [0, 0.05) is 11.2 Å². The fourth-order valence-electron chi connectivity index (χ4n) is 5.66. The number of nitrogens with zero attached hydrogens (tertiary/aromatic N) is 2. The molecule has 25 heavy (non-hydrogen) atoms. The highest BCUT2D eigenvalue weighted by Crippen LogP contribution is 2.60. The molecule has 0 unspecified atom stereocenters. The van der Waals surface area contributed by atoms with Crippen LogP contribution in [0.1, 0.15) is 44.4 Å². The monoisotopic (exact) mass is 356 g/mol. The van der Waals surface area contributed by atoms with E-state index in [1.54, 1.807) is 11.8 Å². The highest BCUT2D eigenvalue weighted by molar-refractivity contribution is 7.99.